The van der Waals surface area contributed by atoms with E-state index in [2.05, 4.69) is 4.98 Å². The molecule has 0 unspecified atom stereocenters. The Balaban J connectivity index is 2.70. The molecule has 0 saturated carbocycles. The van der Waals surface area contributed by atoms with Crippen LogP contribution in [-0.2, 0) is 11.3 Å². The fourth-order valence-corrected chi connectivity index (χ4v) is 0.774. The second kappa shape index (κ2) is 3.66. The molecule has 0 aliphatic carbocycles. The fraction of sp³-hybridized carbons (Fsp3) is 0.286. The molecule has 1 aromatic rings. The zero-order chi connectivity index (χ0) is 8.97. The number of carboxylic acids is 1. The molecule has 0 saturated heterocycles. The summed E-state index contributed by atoms with van der Waals surface area (Å²) in [7, 11) is 0. The Morgan fingerprint density at radius 2 is 2.42 bits per heavy atom. The highest BCUT2D eigenvalue weighted by Crippen LogP contribution is 1.84. The molecule has 0 amide bonds. The van der Waals surface area contributed by atoms with Gasteiger partial charge in [-0.1, -0.05) is 0 Å². The highest BCUT2D eigenvalue weighted by Gasteiger charge is 1.98. The molecule has 5 nitrogen and oxygen atoms in total. The number of carbonyl (C=O) groups is 1. The molecule has 1 heterocycles. The molecule has 0 aliphatic rings. The van der Waals surface area contributed by atoms with Crippen molar-refractivity contribution in [1.82, 2.24) is 9.55 Å². The Bertz CT molecular complexity index is 331. The summed E-state index contributed by atoms with van der Waals surface area (Å²) in [6.07, 6.45) is 4.01. The van der Waals surface area contributed by atoms with Gasteiger partial charge in [-0.3, -0.25) is 14.6 Å². The SMILES string of the molecule is O=C(O)CCn1ccncc1=O. The smallest absolute Gasteiger partial charge is 0.305 e. The average Bonchev–Trinajstić information content (AvgIpc) is 2.03. The maximum Gasteiger partial charge on any atom is 0.305 e. The molecule has 1 N–H and O–H groups in total. The van der Waals surface area contributed by atoms with Crippen LogP contribution in [0.5, 0.6) is 0 Å². The van der Waals surface area contributed by atoms with Crippen LogP contribution >= 0.6 is 0 Å². The van der Waals surface area contributed by atoms with Gasteiger partial charge in [0, 0.05) is 18.9 Å². The van der Waals surface area contributed by atoms with Gasteiger partial charge < -0.3 is 9.67 Å². The Kier molecular flexibility index (Phi) is 2.57. The Morgan fingerprint density at radius 3 is 3.00 bits per heavy atom. The summed E-state index contributed by atoms with van der Waals surface area (Å²) in [5, 5.41) is 8.33. The van der Waals surface area contributed by atoms with Gasteiger partial charge in [0.1, 0.15) is 0 Å². The molecule has 1 rings (SSSR count). The van der Waals surface area contributed by atoms with E-state index in [4.69, 9.17) is 5.11 Å². The molecule has 0 aromatic carbocycles. The summed E-state index contributed by atoms with van der Waals surface area (Å²) in [6, 6.07) is 0. The van der Waals surface area contributed by atoms with Crippen LogP contribution in [0.4, 0.5) is 0 Å². The number of aryl methyl sites for hydroxylation is 1. The van der Waals surface area contributed by atoms with E-state index in [9.17, 15) is 9.59 Å². The quantitative estimate of drug-likeness (QED) is 0.673. The van der Waals surface area contributed by atoms with Crippen molar-refractivity contribution in [3.8, 4) is 0 Å². The molecule has 0 atom stereocenters. The van der Waals surface area contributed by atoms with Crippen LogP contribution in [0.1, 0.15) is 6.42 Å². The Hall–Kier alpha value is -1.65. The summed E-state index contributed by atoms with van der Waals surface area (Å²) in [6.45, 7) is 0.191. The monoisotopic (exact) mass is 168 g/mol. The third kappa shape index (κ3) is 2.19. The molecule has 12 heavy (non-hydrogen) atoms. The highest BCUT2D eigenvalue weighted by atomic mass is 16.4. The third-order valence-electron chi connectivity index (χ3n) is 1.37. The van der Waals surface area contributed by atoms with Crippen molar-refractivity contribution >= 4 is 5.97 Å². The first-order chi connectivity index (χ1) is 5.70. The molecule has 64 valence electrons. The van der Waals surface area contributed by atoms with Gasteiger partial charge in [-0.15, -0.1) is 0 Å². The van der Waals surface area contributed by atoms with Crippen LogP contribution in [0.3, 0.4) is 0 Å². The summed E-state index contributed by atoms with van der Waals surface area (Å²) >= 11 is 0. The maximum atomic E-state index is 10.9. The van der Waals surface area contributed by atoms with Gasteiger partial charge in [0.2, 0.25) is 0 Å². The molecule has 0 bridgehead atoms. The number of hydrogen-bond acceptors (Lipinski definition) is 3. The summed E-state index contributed by atoms with van der Waals surface area (Å²) < 4.78 is 1.31. The molecular weight excluding hydrogens is 160 g/mol. The minimum atomic E-state index is -0.918. The minimum absolute atomic E-state index is 0.0517. The molecule has 1 aromatic heterocycles. The van der Waals surface area contributed by atoms with Crippen LogP contribution < -0.4 is 5.56 Å². The topological polar surface area (TPSA) is 72.2 Å². The lowest BCUT2D eigenvalue weighted by Crippen LogP contribution is -2.20. The number of hydrogen-bond donors (Lipinski definition) is 1. The number of nitrogens with zero attached hydrogens (tertiary/aromatic N) is 2. The van der Waals surface area contributed by atoms with Gasteiger partial charge in [-0.2, -0.15) is 0 Å². The van der Waals surface area contributed by atoms with Crippen molar-refractivity contribution in [3.05, 3.63) is 28.9 Å². The van der Waals surface area contributed by atoms with E-state index < -0.39 is 5.97 Å². The normalized spacial score (nSPS) is 9.67. The minimum Gasteiger partial charge on any atom is -0.481 e. The largest absolute Gasteiger partial charge is 0.481 e. The molecule has 0 spiro atoms. The Labute approximate surface area is 68.3 Å². The number of carboxylic acid groups (broad SMARTS) is 1. The van der Waals surface area contributed by atoms with Gasteiger partial charge in [0.15, 0.2) is 0 Å². The molecule has 0 aliphatic heterocycles. The first-order valence-corrected chi connectivity index (χ1v) is 3.42. The lowest BCUT2D eigenvalue weighted by atomic mass is 10.4. The van der Waals surface area contributed by atoms with Crippen LogP contribution in [-0.4, -0.2) is 20.6 Å². The lowest BCUT2D eigenvalue weighted by Gasteiger charge is -1.99. The van der Waals surface area contributed by atoms with Crippen LogP contribution in [0.2, 0.25) is 0 Å². The predicted octanol–water partition coefficient (Wildman–Crippen LogP) is -0.282. The van der Waals surface area contributed by atoms with Crippen molar-refractivity contribution in [2.45, 2.75) is 13.0 Å². The van der Waals surface area contributed by atoms with E-state index in [-0.39, 0.29) is 18.5 Å². The third-order valence-corrected chi connectivity index (χ3v) is 1.37. The van der Waals surface area contributed by atoms with Crippen LogP contribution in [0.15, 0.2) is 23.4 Å². The maximum absolute atomic E-state index is 10.9. The van der Waals surface area contributed by atoms with Crippen molar-refractivity contribution in [2.24, 2.45) is 0 Å². The first kappa shape index (κ1) is 8.45. The second-order valence-corrected chi connectivity index (χ2v) is 2.25. The molecule has 0 radical (unpaired) electrons. The number of aromatic nitrogens is 2. The van der Waals surface area contributed by atoms with Gasteiger partial charge in [0.25, 0.3) is 5.56 Å². The van der Waals surface area contributed by atoms with Gasteiger partial charge in [0.05, 0.1) is 12.6 Å². The summed E-state index contributed by atoms with van der Waals surface area (Å²) in [5.41, 5.74) is -0.279. The van der Waals surface area contributed by atoms with Crippen molar-refractivity contribution in [2.75, 3.05) is 0 Å². The van der Waals surface area contributed by atoms with Gasteiger partial charge in [-0.25, -0.2) is 0 Å². The summed E-state index contributed by atoms with van der Waals surface area (Å²) in [5.74, 6) is -0.918. The first-order valence-electron chi connectivity index (χ1n) is 3.42. The standard InChI is InChI=1S/C7H8N2O3/c10-6-5-8-2-4-9(6)3-1-7(11)12/h2,4-5H,1,3H2,(H,11,12). The van der Waals surface area contributed by atoms with Crippen LogP contribution in [0, 0.1) is 0 Å². The van der Waals surface area contributed by atoms with Crippen molar-refractivity contribution < 1.29 is 9.90 Å². The van der Waals surface area contributed by atoms with E-state index in [0.717, 1.165) is 6.20 Å². The van der Waals surface area contributed by atoms with E-state index in [1.165, 1.54) is 17.0 Å². The highest BCUT2D eigenvalue weighted by molar-refractivity contribution is 5.66. The van der Waals surface area contributed by atoms with E-state index in [1.54, 1.807) is 0 Å². The van der Waals surface area contributed by atoms with E-state index in [0.29, 0.717) is 0 Å². The Morgan fingerprint density at radius 1 is 1.67 bits per heavy atom. The van der Waals surface area contributed by atoms with Gasteiger partial charge in [-0.05, 0) is 0 Å². The molecular formula is C7H8N2O3. The lowest BCUT2D eigenvalue weighted by molar-refractivity contribution is -0.137. The average molecular weight is 168 g/mol. The predicted molar refractivity (Wildman–Crippen MR) is 40.7 cm³/mol. The van der Waals surface area contributed by atoms with Crippen molar-refractivity contribution in [3.63, 3.8) is 0 Å². The van der Waals surface area contributed by atoms with Gasteiger partial charge >= 0.3 is 5.97 Å². The van der Waals surface area contributed by atoms with E-state index >= 15 is 0 Å². The zero-order valence-corrected chi connectivity index (χ0v) is 6.30. The zero-order valence-electron chi connectivity index (χ0n) is 6.30. The number of aliphatic carboxylic acids is 1. The molecule has 5 heteroatoms. The van der Waals surface area contributed by atoms with Crippen LogP contribution in [0.25, 0.3) is 0 Å². The fourth-order valence-electron chi connectivity index (χ4n) is 0.774. The second-order valence-electron chi connectivity index (χ2n) is 2.25. The molecule has 0 fully saturated rings. The summed E-state index contributed by atoms with van der Waals surface area (Å²) in [4.78, 5) is 24.7. The number of rotatable bonds is 3. The van der Waals surface area contributed by atoms with Crippen molar-refractivity contribution in [1.29, 1.82) is 0 Å². The van der Waals surface area contributed by atoms with E-state index in [1.807, 2.05) is 0 Å².